The van der Waals surface area contributed by atoms with Crippen molar-refractivity contribution < 1.29 is 27.5 Å². The number of anilines is 1. The largest absolute Gasteiger partial charge is 0.497 e. The molecule has 0 saturated heterocycles. The van der Waals surface area contributed by atoms with E-state index in [1.54, 1.807) is 30.3 Å². The maximum Gasteiger partial charge on any atom is 0.267 e. The minimum atomic E-state index is -4.06. The number of fused-ring (bicyclic) bond motifs is 1. The summed E-state index contributed by atoms with van der Waals surface area (Å²) in [5, 5.41) is 8.01. The van der Waals surface area contributed by atoms with E-state index in [9.17, 15) is 18.0 Å². The molecular formula is C19H16N4O6S2. The van der Waals surface area contributed by atoms with E-state index in [0.717, 1.165) is 16.2 Å². The molecule has 0 bridgehead atoms. The van der Waals surface area contributed by atoms with Crippen LogP contribution in [0, 0.1) is 0 Å². The van der Waals surface area contributed by atoms with Gasteiger partial charge in [-0.15, -0.1) is 10.2 Å². The summed E-state index contributed by atoms with van der Waals surface area (Å²) in [5.41, 5.74) is 0.645. The predicted molar refractivity (Wildman–Crippen MR) is 111 cm³/mol. The maximum atomic E-state index is 12.8. The SMILES string of the molecule is COc1ccc(OC)c(S(=O)(=O)Nc2nnc(CN3C(=O)c4ccccc4C3=O)s2)c1. The molecule has 0 radical (unpaired) electrons. The fourth-order valence-electron chi connectivity index (χ4n) is 3.04. The summed E-state index contributed by atoms with van der Waals surface area (Å²) >= 11 is 0.917. The Morgan fingerprint density at radius 3 is 2.29 bits per heavy atom. The van der Waals surface area contributed by atoms with Crippen LogP contribution in [0.4, 0.5) is 5.13 Å². The van der Waals surface area contributed by atoms with Crippen LogP contribution in [-0.4, -0.2) is 49.5 Å². The number of carbonyl (C=O) groups is 2. The highest BCUT2D eigenvalue weighted by Crippen LogP contribution is 2.31. The Morgan fingerprint density at radius 1 is 1.00 bits per heavy atom. The third-order valence-corrected chi connectivity index (χ3v) is 6.83. The number of amides is 2. The van der Waals surface area contributed by atoms with E-state index in [-0.39, 0.29) is 22.3 Å². The summed E-state index contributed by atoms with van der Waals surface area (Å²) < 4.78 is 38.2. The van der Waals surface area contributed by atoms with Crippen molar-refractivity contribution in [3.63, 3.8) is 0 Å². The van der Waals surface area contributed by atoms with Crippen LogP contribution >= 0.6 is 11.3 Å². The monoisotopic (exact) mass is 460 g/mol. The summed E-state index contributed by atoms with van der Waals surface area (Å²) in [7, 11) is -1.29. The van der Waals surface area contributed by atoms with Gasteiger partial charge in [-0.3, -0.25) is 19.2 Å². The van der Waals surface area contributed by atoms with Crippen LogP contribution in [-0.2, 0) is 16.6 Å². The van der Waals surface area contributed by atoms with Crippen LogP contribution in [0.15, 0.2) is 47.4 Å². The Balaban J connectivity index is 1.54. The average molecular weight is 460 g/mol. The number of carbonyl (C=O) groups excluding carboxylic acids is 2. The minimum Gasteiger partial charge on any atom is -0.497 e. The van der Waals surface area contributed by atoms with Gasteiger partial charge < -0.3 is 9.47 Å². The normalized spacial score (nSPS) is 13.3. The second kappa shape index (κ2) is 7.96. The van der Waals surface area contributed by atoms with Gasteiger partial charge in [0, 0.05) is 6.07 Å². The zero-order chi connectivity index (χ0) is 22.2. The van der Waals surface area contributed by atoms with Crippen molar-refractivity contribution in [2.75, 3.05) is 18.9 Å². The van der Waals surface area contributed by atoms with Gasteiger partial charge in [0.25, 0.3) is 21.8 Å². The first-order chi connectivity index (χ1) is 14.8. The number of nitrogens with zero attached hydrogens (tertiary/aromatic N) is 3. The summed E-state index contributed by atoms with van der Waals surface area (Å²) in [5.74, 6) is -0.396. The Bertz CT molecular complexity index is 1250. The molecule has 1 aliphatic heterocycles. The van der Waals surface area contributed by atoms with E-state index in [1.165, 1.54) is 26.4 Å². The molecule has 0 spiro atoms. The van der Waals surface area contributed by atoms with E-state index in [4.69, 9.17) is 9.47 Å². The van der Waals surface area contributed by atoms with Gasteiger partial charge in [-0.1, -0.05) is 23.5 Å². The molecule has 2 aromatic carbocycles. The molecule has 4 rings (SSSR count). The summed E-state index contributed by atoms with van der Waals surface area (Å²) in [4.78, 5) is 25.9. The number of methoxy groups -OCH3 is 2. The van der Waals surface area contributed by atoms with Crippen molar-refractivity contribution in [3.8, 4) is 11.5 Å². The molecular weight excluding hydrogens is 444 g/mol. The summed E-state index contributed by atoms with van der Waals surface area (Å²) in [6, 6.07) is 10.9. The molecule has 3 aromatic rings. The van der Waals surface area contributed by atoms with Crippen molar-refractivity contribution in [1.82, 2.24) is 15.1 Å². The zero-order valence-corrected chi connectivity index (χ0v) is 18.0. The first-order valence-electron chi connectivity index (χ1n) is 8.86. The van der Waals surface area contributed by atoms with Gasteiger partial charge in [0.05, 0.1) is 31.9 Å². The molecule has 31 heavy (non-hydrogen) atoms. The van der Waals surface area contributed by atoms with Crippen LogP contribution in [0.1, 0.15) is 25.7 Å². The molecule has 160 valence electrons. The molecule has 1 aliphatic rings. The topological polar surface area (TPSA) is 128 Å². The average Bonchev–Trinajstić information content (AvgIpc) is 3.31. The molecule has 0 atom stereocenters. The molecule has 0 aliphatic carbocycles. The van der Waals surface area contributed by atoms with Crippen molar-refractivity contribution in [1.29, 1.82) is 0 Å². The van der Waals surface area contributed by atoms with E-state index in [0.29, 0.717) is 21.9 Å². The fraction of sp³-hybridized carbons (Fsp3) is 0.158. The number of imide groups is 1. The van der Waals surface area contributed by atoms with Crippen molar-refractivity contribution >= 4 is 38.3 Å². The highest BCUT2D eigenvalue weighted by Gasteiger charge is 2.35. The van der Waals surface area contributed by atoms with Crippen LogP contribution < -0.4 is 14.2 Å². The molecule has 0 saturated carbocycles. The highest BCUT2D eigenvalue weighted by molar-refractivity contribution is 7.93. The van der Waals surface area contributed by atoms with E-state index < -0.39 is 21.8 Å². The Morgan fingerprint density at radius 2 is 1.68 bits per heavy atom. The van der Waals surface area contributed by atoms with Gasteiger partial charge in [0.1, 0.15) is 21.4 Å². The van der Waals surface area contributed by atoms with Crippen LogP contribution in [0.2, 0.25) is 0 Å². The van der Waals surface area contributed by atoms with Gasteiger partial charge in [-0.25, -0.2) is 8.42 Å². The first-order valence-corrected chi connectivity index (χ1v) is 11.2. The lowest BCUT2D eigenvalue weighted by Crippen LogP contribution is -2.29. The molecule has 12 heteroatoms. The Kier molecular flexibility index (Phi) is 5.33. The number of hydrogen-bond donors (Lipinski definition) is 1. The molecule has 0 unspecified atom stereocenters. The number of rotatable bonds is 7. The van der Waals surface area contributed by atoms with Crippen LogP contribution in [0.25, 0.3) is 0 Å². The van der Waals surface area contributed by atoms with Crippen molar-refractivity contribution in [3.05, 3.63) is 58.6 Å². The molecule has 2 heterocycles. The summed E-state index contributed by atoms with van der Waals surface area (Å²) in [6.07, 6.45) is 0. The number of ether oxygens (including phenoxy) is 2. The van der Waals surface area contributed by atoms with E-state index >= 15 is 0 Å². The van der Waals surface area contributed by atoms with Gasteiger partial charge in [-0.05, 0) is 24.3 Å². The van der Waals surface area contributed by atoms with Crippen LogP contribution in [0.3, 0.4) is 0 Å². The smallest absolute Gasteiger partial charge is 0.267 e. The molecule has 0 fully saturated rings. The minimum absolute atomic E-state index is 0.0171. The van der Waals surface area contributed by atoms with E-state index in [1.807, 2.05) is 0 Å². The fourth-order valence-corrected chi connectivity index (χ4v) is 5.18. The second-order valence-corrected chi connectivity index (χ2v) is 9.08. The lowest BCUT2D eigenvalue weighted by atomic mass is 10.1. The summed E-state index contributed by atoms with van der Waals surface area (Å²) in [6.45, 7) is -0.117. The standard InChI is InChI=1S/C19H16N4O6S2/c1-28-11-7-8-14(29-2)15(9-11)31(26,27)22-19-21-20-16(30-19)10-23-17(24)12-5-3-4-6-13(12)18(23)25/h3-9H,10H2,1-2H3,(H,21,22). The van der Waals surface area contributed by atoms with Gasteiger partial charge in [0.15, 0.2) is 0 Å². The van der Waals surface area contributed by atoms with Crippen molar-refractivity contribution in [2.24, 2.45) is 0 Å². The number of aromatic nitrogens is 2. The van der Waals surface area contributed by atoms with Gasteiger partial charge in [-0.2, -0.15) is 0 Å². The molecule has 1 aromatic heterocycles. The van der Waals surface area contributed by atoms with Gasteiger partial charge in [0.2, 0.25) is 5.13 Å². The van der Waals surface area contributed by atoms with Crippen LogP contribution in [0.5, 0.6) is 11.5 Å². The number of hydrogen-bond acceptors (Lipinski definition) is 9. The molecule has 1 N–H and O–H groups in total. The van der Waals surface area contributed by atoms with Gasteiger partial charge >= 0.3 is 0 Å². The Hall–Kier alpha value is -3.51. The Labute approximate surface area is 181 Å². The van der Waals surface area contributed by atoms with Crippen molar-refractivity contribution in [2.45, 2.75) is 11.4 Å². The molecule has 2 amide bonds. The zero-order valence-electron chi connectivity index (χ0n) is 16.4. The lowest BCUT2D eigenvalue weighted by molar-refractivity contribution is 0.0642. The number of sulfonamides is 1. The number of nitrogens with one attached hydrogen (secondary N) is 1. The number of benzene rings is 2. The predicted octanol–water partition coefficient (Wildman–Crippen LogP) is 2.15. The highest BCUT2D eigenvalue weighted by atomic mass is 32.2. The third-order valence-electron chi connectivity index (χ3n) is 4.52. The first kappa shape index (κ1) is 20.8. The third kappa shape index (κ3) is 3.82. The van der Waals surface area contributed by atoms with E-state index in [2.05, 4.69) is 14.9 Å². The molecule has 10 nitrogen and oxygen atoms in total. The quantitative estimate of drug-likeness (QED) is 0.531. The lowest BCUT2D eigenvalue weighted by Gasteiger charge is -2.11. The second-order valence-electron chi connectivity index (χ2n) is 6.37. The maximum absolute atomic E-state index is 12.8.